The molecule has 17 heavy (non-hydrogen) atoms. The molecule has 0 aliphatic rings. The van der Waals surface area contributed by atoms with Crippen molar-refractivity contribution in [2.24, 2.45) is 7.05 Å². The van der Waals surface area contributed by atoms with Gasteiger partial charge in [0.2, 0.25) is 0 Å². The van der Waals surface area contributed by atoms with Crippen LogP contribution in [0.5, 0.6) is 0 Å². The van der Waals surface area contributed by atoms with Gasteiger partial charge in [-0.05, 0) is 30.2 Å². The molecule has 0 aliphatic carbocycles. The predicted molar refractivity (Wildman–Crippen MR) is 64.9 cm³/mol. The summed E-state index contributed by atoms with van der Waals surface area (Å²) in [5.74, 6) is -0.838. The van der Waals surface area contributed by atoms with E-state index in [4.69, 9.17) is 10.2 Å². The Morgan fingerprint density at radius 1 is 1.41 bits per heavy atom. The van der Waals surface area contributed by atoms with E-state index in [0.717, 1.165) is 27.7 Å². The maximum Gasteiger partial charge on any atom is 0.307 e. The smallest absolute Gasteiger partial charge is 0.307 e. The van der Waals surface area contributed by atoms with Gasteiger partial charge in [0.1, 0.15) is 0 Å². The molecule has 1 aromatic carbocycles. The molecular weight excluding hydrogens is 218 g/mol. The van der Waals surface area contributed by atoms with Crippen molar-refractivity contribution in [3.63, 3.8) is 0 Å². The summed E-state index contributed by atoms with van der Waals surface area (Å²) in [4.78, 5) is 10.9. The molecule has 0 amide bonds. The minimum Gasteiger partial charge on any atom is -0.481 e. The number of aliphatic hydroxyl groups is 1. The number of hydrogen-bond acceptors (Lipinski definition) is 2. The van der Waals surface area contributed by atoms with Crippen LogP contribution < -0.4 is 0 Å². The zero-order valence-corrected chi connectivity index (χ0v) is 9.90. The summed E-state index contributed by atoms with van der Waals surface area (Å²) in [5.41, 5.74) is 3.58. The molecule has 0 spiro atoms. The van der Waals surface area contributed by atoms with Crippen molar-refractivity contribution in [1.82, 2.24) is 4.57 Å². The lowest BCUT2D eigenvalue weighted by Gasteiger charge is -1.99. The molecule has 90 valence electrons. The molecule has 0 bridgehead atoms. The molecule has 4 heteroatoms. The van der Waals surface area contributed by atoms with Crippen molar-refractivity contribution in [2.75, 3.05) is 0 Å². The lowest BCUT2D eigenvalue weighted by Crippen LogP contribution is -2.02. The van der Waals surface area contributed by atoms with Crippen LogP contribution in [0.4, 0.5) is 0 Å². The third kappa shape index (κ3) is 1.91. The fourth-order valence-electron chi connectivity index (χ4n) is 2.17. The van der Waals surface area contributed by atoms with E-state index in [0.29, 0.717) is 0 Å². The first-order valence-corrected chi connectivity index (χ1v) is 5.44. The highest BCUT2D eigenvalue weighted by Crippen LogP contribution is 2.26. The Labute approximate surface area is 99.1 Å². The third-order valence-electron chi connectivity index (χ3n) is 3.20. The highest BCUT2D eigenvalue weighted by molar-refractivity contribution is 5.89. The first kappa shape index (κ1) is 11.7. The highest BCUT2D eigenvalue weighted by atomic mass is 16.4. The molecule has 1 aromatic heterocycles. The monoisotopic (exact) mass is 233 g/mol. The maximum absolute atomic E-state index is 10.9. The third-order valence-corrected chi connectivity index (χ3v) is 3.20. The van der Waals surface area contributed by atoms with Crippen molar-refractivity contribution >= 4 is 16.9 Å². The van der Waals surface area contributed by atoms with Gasteiger partial charge >= 0.3 is 5.97 Å². The summed E-state index contributed by atoms with van der Waals surface area (Å²) >= 11 is 0. The molecule has 0 aliphatic heterocycles. The van der Waals surface area contributed by atoms with Crippen LogP contribution in [0.25, 0.3) is 10.9 Å². The number of aromatic nitrogens is 1. The number of aryl methyl sites for hydroxylation is 1. The van der Waals surface area contributed by atoms with Gasteiger partial charge in [-0.2, -0.15) is 0 Å². The number of nitrogens with zero attached hydrogens (tertiary/aromatic N) is 1. The lowest BCUT2D eigenvalue weighted by molar-refractivity contribution is -0.136. The fraction of sp³-hybridized carbons (Fsp3) is 0.308. The second-order valence-corrected chi connectivity index (χ2v) is 4.20. The van der Waals surface area contributed by atoms with Gasteiger partial charge in [0, 0.05) is 23.6 Å². The number of carboxylic acids is 1. The Morgan fingerprint density at radius 2 is 2.12 bits per heavy atom. The number of carboxylic acid groups (broad SMARTS) is 1. The van der Waals surface area contributed by atoms with Crippen LogP contribution >= 0.6 is 0 Å². The minimum atomic E-state index is -0.838. The normalized spacial score (nSPS) is 11.0. The van der Waals surface area contributed by atoms with E-state index in [-0.39, 0.29) is 13.0 Å². The molecule has 1 heterocycles. The van der Waals surface area contributed by atoms with E-state index in [1.165, 1.54) is 0 Å². The van der Waals surface area contributed by atoms with Gasteiger partial charge in [-0.1, -0.05) is 6.07 Å². The van der Waals surface area contributed by atoms with Gasteiger partial charge in [0.05, 0.1) is 13.0 Å². The lowest BCUT2D eigenvalue weighted by atomic mass is 10.1. The zero-order chi connectivity index (χ0) is 12.6. The number of fused-ring (bicyclic) bond motifs is 1. The fourth-order valence-corrected chi connectivity index (χ4v) is 2.17. The second kappa shape index (κ2) is 4.22. The van der Waals surface area contributed by atoms with Crippen molar-refractivity contribution in [1.29, 1.82) is 0 Å². The first-order chi connectivity index (χ1) is 8.04. The Morgan fingerprint density at radius 3 is 2.71 bits per heavy atom. The van der Waals surface area contributed by atoms with Crippen molar-refractivity contribution in [2.45, 2.75) is 20.0 Å². The van der Waals surface area contributed by atoms with E-state index < -0.39 is 5.97 Å². The molecular formula is C13H15NO3. The summed E-state index contributed by atoms with van der Waals surface area (Å²) in [6, 6.07) is 5.63. The van der Waals surface area contributed by atoms with Gasteiger partial charge in [0.15, 0.2) is 0 Å². The Bertz CT molecular complexity index is 584. The molecule has 0 saturated carbocycles. The van der Waals surface area contributed by atoms with Crippen LogP contribution in [0.15, 0.2) is 18.2 Å². The summed E-state index contributed by atoms with van der Waals surface area (Å²) in [6.45, 7) is 1.88. The van der Waals surface area contributed by atoms with Crippen LogP contribution in [0, 0.1) is 6.92 Å². The standard InChI is InChI=1S/C13H15NO3/c1-8-10(6-13(16)17)11-5-9(7-15)3-4-12(11)14(8)2/h3-5,15H,6-7H2,1-2H3,(H,16,17). The van der Waals surface area contributed by atoms with Crippen molar-refractivity contribution < 1.29 is 15.0 Å². The average Bonchev–Trinajstić information content (AvgIpc) is 2.53. The predicted octanol–water partition coefficient (Wildman–Crippen LogP) is 1.61. The van der Waals surface area contributed by atoms with E-state index in [1.54, 1.807) is 0 Å². The van der Waals surface area contributed by atoms with Crippen LogP contribution in [0.3, 0.4) is 0 Å². The van der Waals surface area contributed by atoms with Crippen LogP contribution in [0.2, 0.25) is 0 Å². The molecule has 2 aromatic rings. The second-order valence-electron chi connectivity index (χ2n) is 4.20. The number of carbonyl (C=O) groups is 1. The largest absolute Gasteiger partial charge is 0.481 e. The highest BCUT2D eigenvalue weighted by Gasteiger charge is 2.14. The number of aliphatic carboxylic acids is 1. The Kier molecular flexibility index (Phi) is 2.90. The van der Waals surface area contributed by atoms with Gasteiger partial charge in [-0.3, -0.25) is 4.79 Å². The zero-order valence-electron chi connectivity index (χ0n) is 9.90. The Hall–Kier alpha value is -1.81. The van der Waals surface area contributed by atoms with Gasteiger partial charge in [-0.15, -0.1) is 0 Å². The van der Waals surface area contributed by atoms with E-state index in [2.05, 4.69) is 0 Å². The molecule has 0 fully saturated rings. The maximum atomic E-state index is 10.9. The summed E-state index contributed by atoms with van der Waals surface area (Å²) in [5, 5.41) is 19.0. The van der Waals surface area contributed by atoms with Gasteiger partial charge < -0.3 is 14.8 Å². The number of aliphatic hydroxyl groups excluding tert-OH is 1. The minimum absolute atomic E-state index is 0.0120. The van der Waals surface area contributed by atoms with E-state index in [1.807, 2.05) is 36.7 Å². The summed E-state index contributed by atoms with van der Waals surface area (Å²) in [6.07, 6.45) is 0.0120. The van der Waals surface area contributed by atoms with Crippen molar-refractivity contribution in [3.05, 3.63) is 35.0 Å². The Balaban J connectivity index is 2.71. The summed E-state index contributed by atoms with van der Waals surface area (Å²) in [7, 11) is 1.92. The molecule has 0 atom stereocenters. The number of hydrogen-bond donors (Lipinski definition) is 2. The number of rotatable bonds is 3. The molecule has 0 saturated heterocycles. The van der Waals surface area contributed by atoms with E-state index in [9.17, 15) is 4.79 Å². The molecule has 4 nitrogen and oxygen atoms in total. The molecule has 0 unspecified atom stereocenters. The van der Waals surface area contributed by atoms with Crippen molar-refractivity contribution in [3.8, 4) is 0 Å². The summed E-state index contributed by atoms with van der Waals surface area (Å²) < 4.78 is 1.98. The molecule has 2 rings (SSSR count). The quantitative estimate of drug-likeness (QED) is 0.846. The van der Waals surface area contributed by atoms with Crippen LogP contribution in [-0.2, 0) is 24.9 Å². The average molecular weight is 233 g/mol. The van der Waals surface area contributed by atoms with Gasteiger partial charge in [-0.25, -0.2) is 0 Å². The van der Waals surface area contributed by atoms with E-state index >= 15 is 0 Å². The van der Waals surface area contributed by atoms with Crippen LogP contribution in [-0.4, -0.2) is 20.7 Å². The molecule has 0 radical (unpaired) electrons. The first-order valence-electron chi connectivity index (χ1n) is 5.44. The van der Waals surface area contributed by atoms with Gasteiger partial charge in [0.25, 0.3) is 0 Å². The number of benzene rings is 1. The topological polar surface area (TPSA) is 62.5 Å². The van der Waals surface area contributed by atoms with Crippen LogP contribution in [0.1, 0.15) is 16.8 Å². The SMILES string of the molecule is Cc1c(CC(=O)O)c2cc(CO)ccc2n1C. The molecule has 2 N–H and O–H groups in total.